The molecule has 3 aromatic carbocycles. The van der Waals surface area contributed by atoms with E-state index in [2.05, 4.69) is 36.6 Å². The highest BCUT2D eigenvalue weighted by Crippen LogP contribution is 2.26. The Labute approximate surface area is 176 Å². The minimum atomic E-state index is -0.229. The van der Waals surface area contributed by atoms with Gasteiger partial charge in [0, 0.05) is 17.9 Å². The fourth-order valence-corrected chi connectivity index (χ4v) is 3.23. The van der Waals surface area contributed by atoms with E-state index in [4.69, 9.17) is 16.3 Å². The predicted octanol–water partition coefficient (Wildman–Crippen LogP) is 5.89. The molecule has 29 heavy (non-hydrogen) atoms. The molecule has 4 nitrogen and oxygen atoms in total. The summed E-state index contributed by atoms with van der Waals surface area (Å²) in [5, 5.41) is 6.73. The quantitative estimate of drug-likeness (QED) is 0.512. The Hall–Kier alpha value is -2.98. The summed E-state index contributed by atoms with van der Waals surface area (Å²) in [5.41, 5.74) is 6.45. The van der Waals surface area contributed by atoms with Crippen LogP contribution in [0.25, 0.3) is 0 Å². The van der Waals surface area contributed by atoms with Gasteiger partial charge in [0.25, 0.3) is 5.91 Å². The minimum Gasteiger partial charge on any atom is -0.482 e. The number of benzene rings is 3. The Bertz CT molecular complexity index is 1020. The molecule has 0 atom stereocenters. The van der Waals surface area contributed by atoms with E-state index in [-0.39, 0.29) is 12.5 Å². The van der Waals surface area contributed by atoms with Crippen molar-refractivity contribution in [3.05, 3.63) is 87.9 Å². The fraction of sp³-hybridized carbons (Fsp3) is 0.208. The molecule has 0 saturated carbocycles. The molecule has 0 aliphatic rings. The highest BCUT2D eigenvalue weighted by molar-refractivity contribution is 6.32. The summed E-state index contributed by atoms with van der Waals surface area (Å²) in [5.74, 6) is 0.258. The van der Waals surface area contributed by atoms with Crippen LogP contribution in [-0.2, 0) is 11.3 Å². The van der Waals surface area contributed by atoms with Crippen molar-refractivity contribution in [2.45, 2.75) is 27.3 Å². The van der Waals surface area contributed by atoms with Gasteiger partial charge in [0.15, 0.2) is 6.61 Å². The lowest BCUT2D eigenvalue weighted by atomic mass is 10.1. The molecule has 150 valence electrons. The third-order valence-electron chi connectivity index (χ3n) is 4.74. The van der Waals surface area contributed by atoms with Crippen molar-refractivity contribution < 1.29 is 9.53 Å². The molecule has 5 heteroatoms. The van der Waals surface area contributed by atoms with Gasteiger partial charge in [-0.3, -0.25) is 4.79 Å². The summed E-state index contributed by atoms with van der Waals surface area (Å²) in [6.45, 7) is 6.72. The van der Waals surface area contributed by atoms with E-state index < -0.39 is 0 Å². The maximum atomic E-state index is 12.1. The van der Waals surface area contributed by atoms with E-state index in [0.717, 1.165) is 22.5 Å². The molecular formula is C24H25ClN2O2. The normalized spacial score (nSPS) is 10.5. The summed E-state index contributed by atoms with van der Waals surface area (Å²) in [7, 11) is 0. The third-order valence-corrected chi connectivity index (χ3v) is 5.04. The molecule has 0 unspecified atom stereocenters. The monoisotopic (exact) mass is 408 g/mol. The van der Waals surface area contributed by atoms with Crippen molar-refractivity contribution in [2.75, 3.05) is 17.2 Å². The van der Waals surface area contributed by atoms with Gasteiger partial charge in [0.2, 0.25) is 0 Å². The molecule has 0 aliphatic heterocycles. The van der Waals surface area contributed by atoms with Crippen molar-refractivity contribution >= 4 is 28.9 Å². The second-order valence-electron chi connectivity index (χ2n) is 7.07. The molecule has 1 amide bonds. The zero-order valence-corrected chi connectivity index (χ0v) is 17.6. The molecule has 3 rings (SSSR count). The number of carbonyl (C=O) groups is 1. The summed E-state index contributed by atoms with van der Waals surface area (Å²) < 4.78 is 5.59. The van der Waals surface area contributed by atoms with E-state index in [1.165, 1.54) is 11.1 Å². The van der Waals surface area contributed by atoms with Crippen LogP contribution in [-0.4, -0.2) is 12.5 Å². The molecule has 0 aromatic heterocycles. The number of ether oxygens (including phenoxy) is 1. The highest BCUT2D eigenvalue weighted by atomic mass is 35.5. The van der Waals surface area contributed by atoms with Gasteiger partial charge < -0.3 is 15.4 Å². The van der Waals surface area contributed by atoms with Crippen molar-refractivity contribution in [3.8, 4) is 5.75 Å². The molecule has 3 aromatic rings. The Balaban J connectivity index is 1.55. The number of rotatable bonds is 7. The number of aryl methyl sites for hydroxylation is 2. The lowest BCUT2D eigenvalue weighted by molar-refractivity contribution is -0.118. The molecule has 0 bridgehead atoms. The lowest BCUT2D eigenvalue weighted by Crippen LogP contribution is -2.20. The number of amides is 1. The highest BCUT2D eigenvalue weighted by Gasteiger charge is 2.08. The van der Waals surface area contributed by atoms with Crippen molar-refractivity contribution in [3.63, 3.8) is 0 Å². The van der Waals surface area contributed by atoms with Gasteiger partial charge in [-0.2, -0.15) is 0 Å². The standard InChI is InChI=1S/C24H25ClN2O2/c1-16-6-4-8-20(12-16)27-24(28)15-29-23-11-10-19(13-21(23)25)14-26-22-9-5-7-17(2)18(22)3/h4-13,26H,14-15H2,1-3H3,(H,27,28). The molecule has 0 radical (unpaired) electrons. The summed E-state index contributed by atoms with van der Waals surface area (Å²) in [6, 6.07) is 19.4. The van der Waals surface area contributed by atoms with Crippen LogP contribution < -0.4 is 15.4 Å². The first-order chi connectivity index (χ1) is 13.9. The molecule has 0 spiro atoms. The summed E-state index contributed by atoms with van der Waals surface area (Å²) in [4.78, 5) is 12.1. The summed E-state index contributed by atoms with van der Waals surface area (Å²) in [6.07, 6.45) is 0. The maximum absolute atomic E-state index is 12.1. The number of nitrogens with one attached hydrogen (secondary N) is 2. The topological polar surface area (TPSA) is 50.4 Å². The van der Waals surface area contributed by atoms with Crippen LogP contribution in [0.1, 0.15) is 22.3 Å². The average molecular weight is 409 g/mol. The Kier molecular flexibility index (Phi) is 6.78. The van der Waals surface area contributed by atoms with Crippen LogP contribution in [0, 0.1) is 20.8 Å². The van der Waals surface area contributed by atoms with Crippen LogP contribution in [0.4, 0.5) is 11.4 Å². The van der Waals surface area contributed by atoms with Crippen molar-refractivity contribution in [1.82, 2.24) is 0 Å². The van der Waals surface area contributed by atoms with E-state index >= 15 is 0 Å². The van der Waals surface area contributed by atoms with Crippen molar-refractivity contribution in [2.24, 2.45) is 0 Å². The van der Waals surface area contributed by atoms with E-state index in [0.29, 0.717) is 17.3 Å². The van der Waals surface area contributed by atoms with Gasteiger partial charge in [-0.1, -0.05) is 41.9 Å². The molecule has 0 saturated heterocycles. The zero-order chi connectivity index (χ0) is 20.8. The van der Waals surface area contributed by atoms with E-state index in [1.807, 2.05) is 49.4 Å². The molecular weight excluding hydrogens is 384 g/mol. The van der Waals surface area contributed by atoms with Gasteiger partial charge in [-0.15, -0.1) is 0 Å². The van der Waals surface area contributed by atoms with Crippen LogP contribution in [0.15, 0.2) is 60.7 Å². The van der Waals surface area contributed by atoms with Crippen LogP contribution in [0.2, 0.25) is 5.02 Å². The second kappa shape index (κ2) is 9.48. The largest absolute Gasteiger partial charge is 0.482 e. The van der Waals surface area contributed by atoms with Crippen LogP contribution in [0.5, 0.6) is 5.75 Å². The smallest absolute Gasteiger partial charge is 0.262 e. The van der Waals surface area contributed by atoms with E-state index in [1.54, 1.807) is 6.07 Å². The third kappa shape index (κ3) is 5.75. The van der Waals surface area contributed by atoms with Gasteiger partial charge in [-0.25, -0.2) is 0 Å². The number of hydrogen-bond acceptors (Lipinski definition) is 3. The molecule has 0 aliphatic carbocycles. The molecule has 2 N–H and O–H groups in total. The molecule has 0 heterocycles. The predicted molar refractivity (Wildman–Crippen MR) is 120 cm³/mol. The van der Waals surface area contributed by atoms with Gasteiger partial charge in [0.05, 0.1) is 5.02 Å². The van der Waals surface area contributed by atoms with Gasteiger partial charge in [0.1, 0.15) is 5.75 Å². The van der Waals surface area contributed by atoms with Gasteiger partial charge in [-0.05, 0) is 73.4 Å². The summed E-state index contributed by atoms with van der Waals surface area (Å²) >= 11 is 6.35. The second-order valence-corrected chi connectivity index (χ2v) is 7.48. The van der Waals surface area contributed by atoms with Crippen LogP contribution in [0.3, 0.4) is 0 Å². The number of anilines is 2. The number of carbonyl (C=O) groups excluding carboxylic acids is 1. The SMILES string of the molecule is Cc1cccc(NC(=O)COc2ccc(CNc3cccc(C)c3C)cc2Cl)c1. The first-order valence-electron chi connectivity index (χ1n) is 9.50. The maximum Gasteiger partial charge on any atom is 0.262 e. The first kappa shape index (κ1) is 20.7. The zero-order valence-electron chi connectivity index (χ0n) is 16.9. The Morgan fingerprint density at radius 2 is 1.79 bits per heavy atom. The van der Waals surface area contributed by atoms with Gasteiger partial charge >= 0.3 is 0 Å². The number of halogens is 1. The fourth-order valence-electron chi connectivity index (χ4n) is 2.97. The first-order valence-corrected chi connectivity index (χ1v) is 9.88. The Morgan fingerprint density at radius 3 is 2.55 bits per heavy atom. The molecule has 0 fully saturated rings. The van der Waals surface area contributed by atoms with E-state index in [9.17, 15) is 4.79 Å². The minimum absolute atomic E-state index is 0.103. The number of hydrogen-bond donors (Lipinski definition) is 2. The van der Waals surface area contributed by atoms with Crippen molar-refractivity contribution in [1.29, 1.82) is 0 Å². The Morgan fingerprint density at radius 1 is 1.00 bits per heavy atom. The lowest BCUT2D eigenvalue weighted by Gasteiger charge is -2.13. The van der Waals surface area contributed by atoms with Crippen LogP contribution >= 0.6 is 11.6 Å². The average Bonchev–Trinajstić information content (AvgIpc) is 2.68.